The molecule has 0 radical (unpaired) electrons. The Bertz CT molecular complexity index is 725. The van der Waals surface area contributed by atoms with Crippen molar-refractivity contribution in [2.45, 2.75) is 18.7 Å². The van der Waals surface area contributed by atoms with Crippen LogP contribution in [0.25, 0.3) is 0 Å². The lowest BCUT2D eigenvalue weighted by Crippen LogP contribution is -2.09. The predicted molar refractivity (Wildman–Crippen MR) is 74.8 cm³/mol. The van der Waals surface area contributed by atoms with Gasteiger partial charge in [0.15, 0.2) is 5.78 Å². The smallest absolute Gasteiger partial charge is 0.290 e. The minimum Gasteiger partial charge on any atom is -0.290 e. The van der Waals surface area contributed by atoms with Gasteiger partial charge >= 0.3 is 10.1 Å². The van der Waals surface area contributed by atoms with Crippen LogP contribution in [0.4, 0.5) is 0 Å². The normalized spacial score (nSPS) is 17.2. The van der Waals surface area contributed by atoms with E-state index in [0.717, 1.165) is 5.56 Å². The van der Waals surface area contributed by atoms with Crippen LogP contribution in [0.2, 0.25) is 0 Å². The standard InChI is InChI=1S/C14H13NO4S/c1-10-3-6-13(7-4-10)20(17,18)19-15-14-8-5-12(16)9-11(14)2/h3-9H,1-2H3. The predicted octanol–water partition coefficient (Wildman–Crippen LogP) is 2.14. The first-order valence-electron chi connectivity index (χ1n) is 5.87. The second-order valence-corrected chi connectivity index (χ2v) is 5.91. The minimum absolute atomic E-state index is 0.0324. The Kier molecular flexibility index (Phi) is 3.85. The number of hydrogen-bond donors (Lipinski definition) is 0. The summed E-state index contributed by atoms with van der Waals surface area (Å²) in [6.07, 6.45) is 4.08. The van der Waals surface area contributed by atoms with Crippen LogP contribution in [0.1, 0.15) is 12.5 Å². The average molecular weight is 291 g/mol. The largest absolute Gasteiger partial charge is 0.358 e. The van der Waals surface area contributed by atoms with E-state index in [2.05, 4.69) is 9.44 Å². The van der Waals surface area contributed by atoms with E-state index in [1.807, 2.05) is 6.92 Å². The number of nitrogens with zero attached hydrogens (tertiary/aromatic N) is 1. The van der Waals surface area contributed by atoms with Gasteiger partial charge in [0.05, 0.1) is 0 Å². The molecule has 5 nitrogen and oxygen atoms in total. The lowest BCUT2D eigenvalue weighted by atomic mass is 10.1. The van der Waals surface area contributed by atoms with Crippen LogP contribution < -0.4 is 0 Å². The van der Waals surface area contributed by atoms with Gasteiger partial charge in [-0.05, 0) is 49.8 Å². The molecule has 0 spiro atoms. The molecule has 1 aromatic rings. The first-order chi connectivity index (χ1) is 9.38. The van der Waals surface area contributed by atoms with Crippen LogP contribution in [0.5, 0.6) is 0 Å². The van der Waals surface area contributed by atoms with E-state index in [-0.39, 0.29) is 10.7 Å². The fraction of sp³-hybridized carbons (Fsp3) is 0.143. The molecule has 0 saturated carbocycles. The number of ketones is 1. The van der Waals surface area contributed by atoms with Crippen molar-refractivity contribution < 1.29 is 17.5 Å². The van der Waals surface area contributed by atoms with Crippen LogP contribution in [0, 0.1) is 6.92 Å². The number of benzene rings is 1. The molecule has 6 heteroatoms. The van der Waals surface area contributed by atoms with E-state index in [0.29, 0.717) is 11.3 Å². The molecule has 20 heavy (non-hydrogen) atoms. The van der Waals surface area contributed by atoms with Crippen LogP contribution in [-0.2, 0) is 19.2 Å². The maximum Gasteiger partial charge on any atom is 0.358 e. The Balaban J connectivity index is 2.22. The molecule has 0 aliphatic heterocycles. The molecule has 1 aromatic carbocycles. The van der Waals surface area contributed by atoms with Gasteiger partial charge in [0, 0.05) is 0 Å². The number of hydrogen-bond acceptors (Lipinski definition) is 5. The summed E-state index contributed by atoms with van der Waals surface area (Å²) in [7, 11) is -3.95. The average Bonchev–Trinajstić information content (AvgIpc) is 2.38. The van der Waals surface area contributed by atoms with Gasteiger partial charge in [-0.15, -0.1) is 0 Å². The van der Waals surface area contributed by atoms with Gasteiger partial charge in [-0.3, -0.25) is 9.08 Å². The molecular formula is C14H13NO4S. The van der Waals surface area contributed by atoms with E-state index >= 15 is 0 Å². The summed E-state index contributed by atoms with van der Waals surface area (Å²) in [5.41, 5.74) is 1.81. The third kappa shape index (κ3) is 3.21. The van der Waals surface area contributed by atoms with Crippen molar-refractivity contribution in [1.29, 1.82) is 0 Å². The fourth-order valence-corrected chi connectivity index (χ4v) is 2.30. The molecule has 0 aromatic heterocycles. The molecule has 0 bridgehead atoms. The molecule has 0 saturated heterocycles. The quantitative estimate of drug-likeness (QED) is 0.632. The van der Waals surface area contributed by atoms with E-state index in [1.54, 1.807) is 19.1 Å². The third-order valence-electron chi connectivity index (χ3n) is 2.71. The Morgan fingerprint density at radius 2 is 1.70 bits per heavy atom. The van der Waals surface area contributed by atoms with Crippen molar-refractivity contribution >= 4 is 21.6 Å². The van der Waals surface area contributed by atoms with Crippen LogP contribution in [-0.4, -0.2) is 19.9 Å². The van der Waals surface area contributed by atoms with Gasteiger partial charge < -0.3 is 0 Å². The highest BCUT2D eigenvalue weighted by molar-refractivity contribution is 7.86. The topological polar surface area (TPSA) is 72.8 Å². The number of carbonyl (C=O) groups is 1. The van der Waals surface area contributed by atoms with Gasteiger partial charge in [-0.2, -0.15) is 8.42 Å². The molecule has 0 unspecified atom stereocenters. The summed E-state index contributed by atoms with van der Waals surface area (Å²) < 4.78 is 28.5. The van der Waals surface area contributed by atoms with Crippen molar-refractivity contribution in [1.82, 2.24) is 0 Å². The second-order valence-electron chi connectivity index (χ2n) is 4.38. The van der Waals surface area contributed by atoms with E-state index in [4.69, 9.17) is 0 Å². The molecule has 0 fully saturated rings. The van der Waals surface area contributed by atoms with Crippen molar-refractivity contribution in [3.63, 3.8) is 0 Å². The van der Waals surface area contributed by atoms with Gasteiger partial charge in [0.25, 0.3) is 0 Å². The Morgan fingerprint density at radius 3 is 2.30 bits per heavy atom. The van der Waals surface area contributed by atoms with Gasteiger partial charge in [0.1, 0.15) is 10.6 Å². The van der Waals surface area contributed by atoms with Crippen LogP contribution in [0.15, 0.2) is 58.1 Å². The lowest BCUT2D eigenvalue weighted by molar-refractivity contribution is -0.110. The van der Waals surface area contributed by atoms with Gasteiger partial charge in [-0.25, -0.2) is 0 Å². The monoisotopic (exact) mass is 291 g/mol. The highest BCUT2D eigenvalue weighted by atomic mass is 32.2. The number of carbonyl (C=O) groups excluding carboxylic acids is 1. The molecule has 2 rings (SSSR count). The Morgan fingerprint density at radius 1 is 1.05 bits per heavy atom. The van der Waals surface area contributed by atoms with E-state index < -0.39 is 10.1 Å². The molecule has 1 aliphatic carbocycles. The minimum atomic E-state index is -3.95. The number of aryl methyl sites for hydroxylation is 1. The van der Waals surface area contributed by atoms with E-state index in [1.165, 1.54) is 30.4 Å². The maximum atomic E-state index is 11.9. The first kappa shape index (κ1) is 14.2. The summed E-state index contributed by atoms with van der Waals surface area (Å²) in [6, 6.07) is 6.25. The van der Waals surface area contributed by atoms with Crippen LogP contribution >= 0.6 is 0 Å². The Labute approximate surface area is 117 Å². The summed E-state index contributed by atoms with van der Waals surface area (Å²) in [5.74, 6) is -0.164. The molecular weight excluding hydrogens is 278 g/mol. The SMILES string of the molecule is CC1=CC(=O)C=CC1=NOS(=O)(=O)c1ccc(C)cc1. The lowest BCUT2D eigenvalue weighted by Gasteiger charge is -2.06. The third-order valence-corrected chi connectivity index (χ3v) is 3.83. The molecule has 0 N–H and O–H groups in total. The summed E-state index contributed by atoms with van der Waals surface area (Å²) in [4.78, 5) is 11.1. The van der Waals surface area contributed by atoms with Crippen molar-refractivity contribution in [3.05, 3.63) is 53.6 Å². The highest BCUT2D eigenvalue weighted by Crippen LogP contribution is 2.15. The molecule has 0 atom stereocenters. The fourth-order valence-electron chi connectivity index (χ4n) is 1.57. The zero-order valence-corrected chi connectivity index (χ0v) is 11.8. The highest BCUT2D eigenvalue weighted by Gasteiger charge is 2.16. The van der Waals surface area contributed by atoms with Crippen molar-refractivity contribution in [2.24, 2.45) is 5.16 Å². The Hall–Kier alpha value is -2.21. The zero-order chi connectivity index (χ0) is 14.8. The van der Waals surface area contributed by atoms with Gasteiger partial charge in [0.2, 0.25) is 0 Å². The van der Waals surface area contributed by atoms with E-state index in [9.17, 15) is 13.2 Å². The second kappa shape index (κ2) is 5.42. The summed E-state index contributed by atoms with van der Waals surface area (Å²) in [5, 5.41) is 3.59. The first-order valence-corrected chi connectivity index (χ1v) is 7.28. The zero-order valence-electron chi connectivity index (χ0n) is 11.0. The summed E-state index contributed by atoms with van der Waals surface area (Å²) in [6.45, 7) is 3.51. The van der Waals surface area contributed by atoms with Crippen molar-refractivity contribution in [2.75, 3.05) is 0 Å². The van der Waals surface area contributed by atoms with Crippen molar-refractivity contribution in [3.8, 4) is 0 Å². The molecule has 1 aliphatic rings. The van der Waals surface area contributed by atoms with Crippen LogP contribution in [0.3, 0.4) is 0 Å². The number of rotatable bonds is 3. The maximum absolute atomic E-state index is 11.9. The number of oxime groups is 1. The molecule has 0 heterocycles. The molecule has 104 valence electrons. The number of allylic oxidation sites excluding steroid dienone is 4. The summed E-state index contributed by atoms with van der Waals surface area (Å²) >= 11 is 0. The molecule has 0 amide bonds. The van der Waals surface area contributed by atoms with Gasteiger partial charge in [-0.1, -0.05) is 22.9 Å².